The van der Waals surface area contributed by atoms with Crippen molar-refractivity contribution < 1.29 is 14.4 Å². The van der Waals surface area contributed by atoms with Crippen LogP contribution in [0, 0.1) is 0 Å². The highest BCUT2D eigenvalue weighted by atomic mass is 16.2. The van der Waals surface area contributed by atoms with Crippen LogP contribution in [0.4, 0.5) is 0 Å². The van der Waals surface area contributed by atoms with Crippen LogP contribution in [0.15, 0.2) is 24.8 Å². The van der Waals surface area contributed by atoms with Gasteiger partial charge in [0.2, 0.25) is 5.91 Å². The molecule has 0 atom stereocenters. The fraction of sp³-hybridized carbons (Fsp3) is 0.500. The van der Waals surface area contributed by atoms with Gasteiger partial charge in [0.25, 0.3) is 11.8 Å². The Hall–Kier alpha value is -1.91. The van der Waals surface area contributed by atoms with Crippen molar-refractivity contribution in [2.75, 3.05) is 13.1 Å². The Balaban J connectivity index is 2.02. The molecule has 5 heteroatoms. The number of unbranched alkanes of at least 4 members (excludes halogenated alkanes) is 2. The molecule has 1 heterocycles. The molecule has 0 bridgehead atoms. The quantitative estimate of drug-likeness (QED) is 0.386. The van der Waals surface area contributed by atoms with Crippen molar-refractivity contribution in [3.8, 4) is 0 Å². The van der Waals surface area contributed by atoms with Crippen LogP contribution in [-0.2, 0) is 14.4 Å². The molecule has 3 amide bonds. The largest absolute Gasteiger partial charge is 0.356 e. The van der Waals surface area contributed by atoms with Crippen molar-refractivity contribution in [3.05, 3.63) is 24.8 Å². The second-order valence-electron chi connectivity index (χ2n) is 4.40. The second-order valence-corrected chi connectivity index (χ2v) is 4.40. The number of hydrogen-bond acceptors (Lipinski definition) is 3. The van der Waals surface area contributed by atoms with Gasteiger partial charge >= 0.3 is 0 Å². The van der Waals surface area contributed by atoms with Gasteiger partial charge in [-0.2, -0.15) is 0 Å². The fourth-order valence-electron chi connectivity index (χ4n) is 1.79. The van der Waals surface area contributed by atoms with E-state index >= 15 is 0 Å². The van der Waals surface area contributed by atoms with E-state index in [1.807, 2.05) is 0 Å². The number of nitrogens with one attached hydrogen (secondary N) is 1. The van der Waals surface area contributed by atoms with Crippen molar-refractivity contribution in [3.63, 3.8) is 0 Å². The monoisotopic (exact) mass is 264 g/mol. The highest BCUT2D eigenvalue weighted by molar-refractivity contribution is 6.12. The molecular weight excluding hydrogens is 244 g/mol. The molecule has 0 aromatic carbocycles. The van der Waals surface area contributed by atoms with Crippen LogP contribution in [0.3, 0.4) is 0 Å². The molecule has 1 aliphatic rings. The minimum absolute atomic E-state index is 0.0387. The Morgan fingerprint density at radius 3 is 2.53 bits per heavy atom. The van der Waals surface area contributed by atoms with Crippen molar-refractivity contribution in [2.24, 2.45) is 0 Å². The van der Waals surface area contributed by atoms with Crippen molar-refractivity contribution >= 4 is 17.7 Å². The smallest absolute Gasteiger partial charge is 0.253 e. The summed E-state index contributed by atoms with van der Waals surface area (Å²) in [5.74, 6) is -0.448. The molecule has 0 saturated carbocycles. The van der Waals surface area contributed by atoms with E-state index in [4.69, 9.17) is 0 Å². The van der Waals surface area contributed by atoms with Gasteiger partial charge in [0.05, 0.1) is 0 Å². The molecule has 0 aromatic rings. The van der Waals surface area contributed by atoms with Gasteiger partial charge < -0.3 is 5.32 Å². The minimum Gasteiger partial charge on any atom is -0.356 e. The first-order valence-electron chi connectivity index (χ1n) is 6.56. The van der Waals surface area contributed by atoms with E-state index in [1.54, 1.807) is 6.08 Å². The van der Waals surface area contributed by atoms with E-state index in [0.29, 0.717) is 19.5 Å². The van der Waals surface area contributed by atoms with E-state index in [-0.39, 0.29) is 17.7 Å². The molecule has 0 unspecified atom stereocenters. The molecule has 0 radical (unpaired) electrons. The molecule has 1 aliphatic heterocycles. The van der Waals surface area contributed by atoms with Gasteiger partial charge in [-0.15, -0.1) is 6.58 Å². The average Bonchev–Trinajstić information content (AvgIpc) is 2.70. The lowest BCUT2D eigenvalue weighted by molar-refractivity contribution is -0.136. The summed E-state index contributed by atoms with van der Waals surface area (Å²) < 4.78 is 0. The predicted octanol–water partition coefficient (Wildman–Crippen LogP) is 1.16. The van der Waals surface area contributed by atoms with E-state index in [0.717, 1.165) is 25.7 Å². The number of nitrogens with zero attached hydrogens (tertiary/aromatic N) is 1. The fourth-order valence-corrected chi connectivity index (χ4v) is 1.79. The van der Waals surface area contributed by atoms with Gasteiger partial charge in [-0.25, -0.2) is 0 Å². The lowest BCUT2D eigenvalue weighted by Crippen LogP contribution is -2.30. The number of hydrogen-bond donors (Lipinski definition) is 1. The van der Waals surface area contributed by atoms with Crippen LogP contribution in [0.5, 0.6) is 0 Å². The summed E-state index contributed by atoms with van der Waals surface area (Å²) in [4.78, 5) is 35.1. The first kappa shape index (κ1) is 15.1. The lowest BCUT2D eigenvalue weighted by atomic mass is 10.2. The molecule has 0 aliphatic carbocycles. The third-order valence-corrected chi connectivity index (χ3v) is 2.86. The Labute approximate surface area is 113 Å². The average molecular weight is 264 g/mol. The number of rotatable bonds is 9. The van der Waals surface area contributed by atoms with E-state index < -0.39 is 0 Å². The summed E-state index contributed by atoms with van der Waals surface area (Å²) in [6, 6.07) is 0. The van der Waals surface area contributed by atoms with E-state index in [1.165, 1.54) is 17.1 Å². The Bertz CT molecular complexity index is 370. The zero-order valence-electron chi connectivity index (χ0n) is 11.1. The zero-order chi connectivity index (χ0) is 14.1. The molecule has 0 fully saturated rings. The van der Waals surface area contributed by atoms with Crippen LogP contribution in [-0.4, -0.2) is 35.7 Å². The Morgan fingerprint density at radius 1 is 1.21 bits per heavy atom. The molecule has 0 aromatic heterocycles. The van der Waals surface area contributed by atoms with Gasteiger partial charge in [-0.1, -0.05) is 12.5 Å². The molecular formula is C14H20N2O3. The summed E-state index contributed by atoms with van der Waals surface area (Å²) in [6.45, 7) is 4.64. The van der Waals surface area contributed by atoms with Crippen LogP contribution >= 0.6 is 0 Å². The van der Waals surface area contributed by atoms with Gasteiger partial charge in [-0.3, -0.25) is 19.3 Å². The molecule has 19 heavy (non-hydrogen) atoms. The number of imide groups is 1. The number of amides is 3. The predicted molar refractivity (Wildman–Crippen MR) is 72.2 cm³/mol. The summed E-state index contributed by atoms with van der Waals surface area (Å²) in [6.07, 6.45) is 7.92. The lowest BCUT2D eigenvalue weighted by Gasteiger charge is -2.12. The standard InChI is InChI=1S/C14H20N2O3/c1-2-3-10-15-12(17)7-5-4-6-11-16-13(18)8-9-14(16)19/h2,8-9H,1,3-7,10-11H2,(H,15,17). The molecule has 1 N–H and O–H groups in total. The van der Waals surface area contributed by atoms with E-state index in [9.17, 15) is 14.4 Å². The topological polar surface area (TPSA) is 66.5 Å². The van der Waals surface area contributed by atoms with Gasteiger partial charge in [-0.05, 0) is 19.3 Å². The first-order valence-corrected chi connectivity index (χ1v) is 6.56. The normalized spacial score (nSPS) is 14.0. The van der Waals surface area contributed by atoms with Gasteiger partial charge in [0, 0.05) is 31.7 Å². The third kappa shape index (κ3) is 5.50. The molecule has 104 valence electrons. The second kappa shape index (κ2) is 8.24. The summed E-state index contributed by atoms with van der Waals surface area (Å²) in [5, 5.41) is 2.79. The van der Waals surface area contributed by atoms with Crippen LogP contribution < -0.4 is 5.32 Å². The first-order chi connectivity index (χ1) is 9.15. The summed E-state index contributed by atoms with van der Waals surface area (Å²) in [7, 11) is 0. The summed E-state index contributed by atoms with van der Waals surface area (Å²) in [5.41, 5.74) is 0. The maximum atomic E-state index is 11.4. The Morgan fingerprint density at radius 2 is 1.89 bits per heavy atom. The van der Waals surface area contributed by atoms with Gasteiger partial charge in [0.1, 0.15) is 0 Å². The molecule has 0 saturated heterocycles. The minimum atomic E-state index is -0.243. The van der Waals surface area contributed by atoms with Crippen molar-refractivity contribution in [2.45, 2.75) is 32.1 Å². The zero-order valence-corrected chi connectivity index (χ0v) is 11.1. The summed E-state index contributed by atoms with van der Waals surface area (Å²) >= 11 is 0. The number of carbonyl (C=O) groups is 3. The maximum Gasteiger partial charge on any atom is 0.253 e. The molecule has 1 rings (SSSR count). The molecule has 0 spiro atoms. The highest BCUT2D eigenvalue weighted by Crippen LogP contribution is 2.07. The highest BCUT2D eigenvalue weighted by Gasteiger charge is 2.22. The van der Waals surface area contributed by atoms with Crippen molar-refractivity contribution in [1.29, 1.82) is 0 Å². The van der Waals surface area contributed by atoms with Crippen molar-refractivity contribution in [1.82, 2.24) is 10.2 Å². The Kier molecular flexibility index (Phi) is 6.57. The van der Waals surface area contributed by atoms with Crippen LogP contribution in [0.1, 0.15) is 32.1 Å². The molecule has 5 nitrogen and oxygen atoms in total. The van der Waals surface area contributed by atoms with E-state index in [2.05, 4.69) is 11.9 Å². The van der Waals surface area contributed by atoms with Crippen LogP contribution in [0.25, 0.3) is 0 Å². The maximum absolute atomic E-state index is 11.4. The number of carbonyl (C=O) groups excluding carboxylic acids is 3. The van der Waals surface area contributed by atoms with Gasteiger partial charge in [0.15, 0.2) is 0 Å². The SMILES string of the molecule is C=CCCNC(=O)CCCCCN1C(=O)C=CC1=O. The van der Waals surface area contributed by atoms with Crippen LogP contribution in [0.2, 0.25) is 0 Å². The third-order valence-electron chi connectivity index (χ3n) is 2.86.